The van der Waals surface area contributed by atoms with Gasteiger partial charge >= 0.3 is 6.18 Å². The van der Waals surface area contributed by atoms with Crippen molar-refractivity contribution < 1.29 is 27.4 Å². The molecule has 2 rings (SSSR count). The van der Waals surface area contributed by atoms with Crippen LogP contribution in [0.4, 0.5) is 13.2 Å². The number of nitrogens with zero attached hydrogens (tertiary/aromatic N) is 2. The van der Waals surface area contributed by atoms with Gasteiger partial charge in [0.25, 0.3) is 5.91 Å². The van der Waals surface area contributed by atoms with E-state index in [4.69, 9.17) is 14.7 Å². The lowest BCUT2D eigenvalue weighted by atomic mass is 10.1. The maximum Gasteiger partial charge on any atom is 0.416 e. The highest BCUT2D eigenvalue weighted by atomic mass is 79.9. The Kier molecular flexibility index (Phi) is 7.51. The summed E-state index contributed by atoms with van der Waals surface area (Å²) in [5.74, 6) is 0.0141. The van der Waals surface area contributed by atoms with E-state index in [-0.39, 0.29) is 23.6 Å². The van der Waals surface area contributed by atoms with Crippen LogP contribution >= 0.6 is 15.9 Å². The van der Waals surface area contributed by atoms with Crippen LogP contribution in [0.3, 0.4) is 0 Å². The summed E-state index contributed by atoms with van der Waals surface area (Å²) in [6.07, 6.45) is -4.50. The van der Waals surface area contributed by atoms with Gasteiger partial charge in [0.15, 0.2) is 18.1 Å². The Labute approximate surface area is 174 Å². The number of ether oxygens (including phenoxy) is 2. The fourth-order valence-corrected chi connectivity index (χ4v) is 3.11. The number of alkyl halides is 3. The SMILES string of the molecule is CCOc1cc(C#N)cc(Br)c1OCC(=O)N(C)Cc1ccccc1C(F)(F)F. The van der Waals surface area contributed by atoms with Crippen molar-refractivity contribution in [3.63, 3.8) is 0 Å². The van der Waals surface area contributed by atoms with Gasteiger partial charge in [-0.15, -0.1) is 0 Å². The number of nitriles is 1. The predicted molar refractivity (Wildman–Crippen MR) is 103 cm³/mol. The molecule has 0 atom stereocenters. The summed E-state index contributed by atoms with van der Waals surface area (Å²) in [5, 5.41) is 9.05. The Morgan fingerprint density at radius 1 is 1.24 bits per heavy atom. The minimum Gasteiger partial charge on any atom is -0.490 e. The maximum atomic E-state index is 13.1. The molecular formula is C20H18BrF3N2O3. The zero-order chi connectivity index (χ0) is 21.6. The largest absolute Gasteiger partial charge is 0.490 e. The molecule has 0 bridgehead atoms. The molecule has 1 amide bonds. The first-order valence-electron chi connectivity index (χ1n) is 8.55. The third-order valence-electron chi connectivity index (χ3n) is 3.93. The second-order valence-corrected chi connectivity index (χ2v) is 6.88. The Bertz CT molecular complexity index is 926. The fourth-order valence-electron chi connectivity index (χ4n) is 2.56. The molecule has 0 heterocycles. The minimum absolute atomic E-state index is 0.00888. The van der Waals surface area contributed by atoms with E-state index >= 15 is 0 Å². The van der Waals surface area contributed by atoms with Crippen molar-refractivity contribution in [2.45, 2.75) is 19.6 Å². The van der Waals surface area contributed by atoms with Gasteiger partial charge in [0.05, 0.1) is 28.3 Å². The molecule has 0 saturated carbocycles. The van der Waals surface area contributed by atoms with Crippen molar-refractivity contribution >= 4 is 21.8 Å². The molecule has 0 aliphatic rings. The lowest BCUT2D eigenvalue weighted by Gasteiger charge is -2.21. The molecule has 29 heavy (non-hydrogen) atoms. The number of likely N-dealkylation sites (N-methyl/N-ethyl adjacent to an activating group) is 1. The summed E-state index contributed by atoms with van der Waals surface area (Å²) in [6, 6.07) is 10.1. The Balaban J connectivity index is 2.12. The molecule has 0 radical (unpaired) electrons. The zero-order valence-electron chi connectivity index (χ0n) is 15.7. The van der Waals surface area contributed by atoms with Crippen LogP contribution in [-0.2, 0) is 17.5 Å². The van der Waals surface area contributed by atoms with Crippen LogP contribution in [0.2, 0.25) is 0 Å². The van der Waals surface area contributed by atoms with Gasteiger partial charge in [-0.1, -0.05) is 18.2 Å². The summed E-state index contributed by atoms with van der Waals surface area (Å²) < 4.78 is 50.8. The number of rotatable bonds is 7. The lowest BCUT2D eigenvalue weighted by molar-refractivity contribution is -0.140. The standard InChI is InChI=1S/C20H18BrF3N2O3/c1-3-28-17-9-13(10-25)8-16(21)19(17)29-12-18(27)26(2)11-14-6-4-5-7-15(14)20(22,23)24/h4-9H,3,11-12H2,1-2H3. The van der Waals surface area contributed by atoms with Crippen LogP contribution in [0.1, 0.15) is 23.6 Å². The molecule has 0 aliphatic heterocycles. The highest BCUT2D eigenvalue weighted by Crippen LogP contribution is 2.37. The maximum absolute atomic E-state index is 13.1. The van der Waals surface area contributed by atoms with Gasteiger partial charge < -0.3 is 14.4 Å². The predicted octanol–water partition coefficient (Wildman–Crippen LogP) is 4.78. The van der Waals surface area contributed by atoms with Crippen molar-refractivity contribution in [2.24, 2.45) is 0 Å². The van der Waals surface area contributed by atoms with Crippen molar-refractivity contribution in [2.75, 3.05) is 20.3 Å². The molecular weight excluding hydrogens is 453 g/mol. The molecule has 5 nitrogen and oxygen atoms in total. The van der Waals surface area contributed by atoms with E-state index in [1.807, 2.05) is 6.07 Å². The van der Waals surface area contributed by atoms with E-state index in [0.717, 1.165) is 11.0 Å². The van der Waals surface area contributed by atoms with Crippen LogP contribution in [0.5, 0.6) is 11.5 Å². The van der Waals surface area contributed by atoms with Gasteiger partial charge in [-0.2, -0.15) is 18.4 Å². The number of amides is 1. The van der Waals surface area contributed by atoms with Gasteiger partial charge in [-0.25, -0.2) is 0 Å². The normalized spacial score (nSPS) is 10.9. The topological polar surface area (TPSA) is 62.6 Å². The second kappa shape index (κ2) is 9.65. The third kappa shape index (κ3) is 5.87. The fraction of sp³-hybridized carbons (Fsp3) is 0.300. The highest BCUT2D eigenvalue weighted by Gasteiger charge is 2.33. The third-order valence-corrected chi connectivity index (χ3v) is 4.52. The molecule has 0 saturated heterocycles. The molecule has 154 valence electrons. The van der Waals surface area contributed by atoms with Crippen molar-refractivity contribution in [3.05, 3.63) is 57.6 Å². The van der Waals surface area contributed by atoms with Gasteiger partial charge in [0.1, 0.15) is 0 Å². The molecule has 0 aromatic heterocycles. The van der Waals surface area contributed by atoms with E-state index in [9.17, 15) is 18.0 Å². The molecule has 2 aromatic rings. The second-order valence-electron chi connectivity index (χ2n) is 6.02. The van der Waals surface area contributed by atoms with E-state index in [1.54, 1.807) is 6.92 Å². The molecule has 9 heteroatoms. The number of hydrogen-bond donors (Lipinski definition) is 0. The van der Waals surface area contributed by atoms with E-state index < -0.39 is 24.3 Å². The van der Waals surface area contributed by atoms with Crippen LogP contribution in [-0.4, -0.2) is 31.1 Å². The van der Waals surface area contributed by atoms with Crippen molar-refractivity contribution in [1.82, 2.24) is 4.90 Å². The summed E-state index contributed by atoms with van der Waals surface area (Å²) >= 11 is 3.28. The van der Waals surface area contributed by atoms with E-state index in [2.05, 4.69) is 15.9 Å². The number of halogens is 4. The van der Waals surface area contributed by atoms with Crippen molar-refractivity contribution in [1.29, 1.82) is 5.26 Å². The first-order chi connectivity index (χ1) is 13.7. The number of carbonyl (C=O) groups excluding carboxylic acids is 1. The summed E-state index contributed by atoms with van der Waals surface area (Å²) in [6.45, 7) is 1.45. The zero-order valence-corrected chi connectivity index (χ0v) is 17.3. The summed E-state index contributed by atoms with van der Waals surface area (Å²) in [4.78, 5) is 13.6. The quantitative estimate of drug-likeness (QED) is 0.584. The number of carbonyl (C=O) groups is 1. The summed E-state index contributed by atoms with van der Waals surface area (Å²) in [5.41, 5.74) is -0.445. The summed E-state index contributed by atoms with van der Waals surface area (Å²) in [7, 11) is 1.40. The van der Waals surface area contributed by atoms with Gasteiger partial charge in [0, 0.05) is 19.7 Å². The molecule has 0 aliphatic carbocycles. The Morgan fingerprint density at radius 3 is 2.55 bits per heavy atom. The molecule has 2 aromatic carbocycles. The molecule has 0 unspecified atom stereocenters. The number of benzene rings is 2. The average molecular weight is 471 g/mol. The van der Waals surface area contributed by atoms with Crippen LogP contribution in [0.15, 0.2) is 40.9 Å². The van der Waals surface area contributed by atoms with Gasteiger partial charge in [0.2, 0.25) is 0 Å². The van der Waals surface area contributed by atoms with Crippen LogP contribution in [0.25, 0.3) is 0 Å². The smallest absolute Gasteiger partial charge is 0.416 e. The average Bonchev–Trinajstić information content (AvgIpc) is 2.66. The van der Waals surface area contributed by atoms with Crippen molar-refractivity contribution in [3.8, 4) is 17.6 Å². The Morgan fingerprint density at radius 2 is 1.93 bits per heavy atom. The first kappa shape index (κ1) is 22.6. The van der Waals surface area contributed by atoms with E-state index in [1.165, 1.54) is 37.4 Å². The first-order valence-corrected chi connectivity index (χ1v) is 9.35. The van der Waals surface area contributed by atoms with E-state index in [0.29, 0.717) is 16.6 Å². The Hall–Kier alpha value is -2.73. The van der Waals surface area contributed by atoms with Gasteiger partial charge in [-0.05, 0) is 40.5 Å². The molecule has 0 N–H and O–H groups in total. The monoisotopic (exact) mass is 470 g/mol. The molecule has 0 spiro atoms. The minimum atomic E-state index is -4.50. The molecule has 0 fully saturated rings. The number of hydrogen-bond acceptors (Lipinski definition) is 4. The highest BCUT2D eigenvalue weighted by molar-refractivity contribution is 9.10. The van der Waals surface area contributed by atoms with Crippen LogP contribution in [0, 0.1) is 11.3 Å². The van der Waals surface area contributed by atoms with Gasteiger partial charge in [-0.3, -0.25) is 4.79 Å². The van der Waals surface area contributed by atoms with Crippen LogP contribution < -0.4 is 9.47 Å². The lowest BCUT2D eigenvalue weighted by Crippen LogP contribution is -2.31.